The zero-order valence-electron chi connectivity index (χ0n) is 14.2. The van der Waals surface area contributed by atoms with Crippen molar-refractivity contribution >= 4 is 5.96 Å². The van der Waals surface area contributed by atoms with E-state index in [-0.39, 0.29) is 18.9 Å². The second kappa shape index (κ2) is 8.42. The van der Waals surface area contributed by atoms with E-state index < -0.39 is 17.8 Å². The number of halogens is 3. The van der Waals surface area contributed by atoms with E-state index in [0.717, 1.165) is 38.1 Å². The van der Waals surface area contributed by atoms with E-state index in [1.54, 1.807) is 0 Å². The molecular weight excluding hydrogens is 335 g/mol. The first-order valence-electron chi connectivity index (χ1n) is 8.28. The summed E-state index contributed by atoms with van der Waals surface area (Å²) in [6.07, 6.45) is -3.27. The van der Waals surface area contributed by atoms with Gasteiger partial charge in [-0.05, 0) is 37.0 Å². The summed E-state index contributed by atoms with van der Waals surface area (Å²) in [6, 6.07) is 4.54. The lowest BCUT2D eigenvalue weighted by Crippen LogP contribution is -2.43. The number of likely N-dealkylation sites (tertiary alicyclic amines) is 1. The maximum Gasteiger partial charge on any atom is 0.416 e. The van der Waals surface area contributed by atoms with E-state index in [0.29, 0.717) is 11.9 Å². The normalized spacial score (nSPS) is 18.3. The van der Waals surface area contributed by atoms with E-state index >= 15 is 0 Å². The van der Waals surface area contributed by atoms with Crippen LogP contribution in [0, 0.1) is 5.92 Å². The molecular formula is C17H24F3N3O2. The fraction of sp³-hybridized carbons (Fsp3) is 0.588. The van der Waals surface area contributed by atoms with E-state index in [1.165, 1.54) is 12.1 Å². The van der Waals surface area contributed by atoms with E-state index in [2.05, 4.69) is 11.9 Å². The molecule has 1 fully saturated rings. The third-order valence-electron chi connectivity index (χ3n) is 4.18. The second-order valence-electron chi connectivity index (χ2n) is 6.36. The molecule has 1 aromatic carbocycles. The Labute approximate surface area is 145 Å². The van der Waals surface area contributed by atoms with Crippen LogP contribution in [0.5, 0.6) is 5.75 Å². The second-order valence-corrected chi connectivity index (χ2v) is 6.36. The molecule has 1 aromatic rings. The van der Waals surface area contributed by atoms with Crippen LogP contribution < -0.4 is 10.5 Å². The highest BCUT2D eigenvalue weighted by atomic mass is 19.4. The Morgan fingerprint density at radius 1 is 1.40 bits per heavy atom. The van der Waals surface area contributed by atoms with Gasteiger partial charge in [-0.15, -0.1) is 0 Å². The van der Waals surface area contributed by atoms with Gasteiger partial charge in [0.25, 0.3) is 0 Å². The Morgan fingerprint density at radius 3 is 2.72 bits per heavy atom. The molecule has 1 aliphatic rings. The molecule has 0 aromatic heterocycles. The molecule has 0 radical (unpaired) electrons. The summed E-state index contributed by atoms with van der Waals surface area (Å²) in [7, 11) is 0. The van der Waals surface area contributed by atoms with Crippen LogP contribution in [0.1, 0.15) is 25.3 Å². The summed E-state index contributed by atoms with van der Waals surface area (Å²) in [6.45, 7) is 3.76. The maximum absolute atomic E-state index is 12.6. The molecule has 1 heterocycles. The lowest BCUT2D eigenvalue weighted by molar-refractivity contribution is -0.137. The number of piperidine rings is 1. The minimum Gasteiger partial charge on any atom is -0.491 e. The van der Waals surface area contributed by atoms with Gasteiger partial charge in [-0.3, -0.25) is 4.99 Å². The minimum atomic E-state index is -4.43. The molecule has 25 heavy (non-hydrogen) atoms. The van der Waals surface area contributed by atoms with Gasteiger partial charge >= 0.3 is 6.18 Å². The molecule has 1 atom stereocenters. The highest BCUT2D eigenvalue weighted by Crippen LogP contribution is 2.31. The van der Waals surface area contributed by atoms with Crippen LogP contribution >= 0.6 is 0 Å². The number of aliphatic hydroxyl groups is 1. The average Bonchev–Trinajstić information content (AvgIpc) is 2.58. The van der Waals surface area contributed by atoms with Crippen molar-refractivity contribution in [2.45, 2.75) is 32.0 Å². The first-order valence-corrected chi connectivity index (χ1v) is 8.28. The molecule has 0 aliphatic carbocycles. The molecule has 140 valence electrons. The van der Waals surface area contributed by atoms with Gasteiger partial charge in [-0.2, -0.15) is 13.2 Å². The number of aliphatic hydroxyl groups excluding tert-OH is 1. The Kier molecular flexibility index (Phi) is 6.52. The molecule has 3 N–H and O–H groups in total. The van der Waals surface area contributed by atoms with Crippen LogP contribution in [0.15, 0.2) is 29.3 Å². The summed E-state index contributed by atoms with van der Waals surface area (Å²) in [5.74, 6) is 1.11. The summed E-state index contributed by atoms with van der Waals surface area (Å²) >= 11 is 0. The number of rotatable bonds is 5. The fourth-order valence-corrected chi connectivity index (χ4v) is 2.54. The van der Waals surface area contributed by atoms with Crippen LogP contribution in [0.2, 0.25) is 0 Å². The molecule has 0 bridgehead atoms. The maximum atomic E-state index is 12.6. The molecule has 1 saturated heterocycles. The lowest BCUT2D eigenvalue weighted by Gasteiger charge is -2.31. The van der Waals surface area contributed by atoms with Gasteiger partial charge in [0.05, 0.1) is 12.1 Å². The molecule has 8 heteroatoms. The molecule has 1 unspecified atom stereocenters. The largest absolute Gasteiger partial charge is 0.491 e. The zero-order chi connectivity index (χ0) is 18.4. The molecule has 0 spiro atoms. The van der Waals surface area contributed by atoms with Crippen molar-refractivity contribution in [1.82, 2.24) is 4.90 Å². The minimum absolute atomic E-state index is 0.0385. The third-order valence-corrected chi connectivity index (χ3v) is 4.18. The van der Waals surface area contributed by atoms with Crippen molar-refractivity contribution in [2.75, 3.05) is 26.2 Å². The lowest BCUT2D eigenvalue weighted by atomic mass is 10.00. The van der Waals surface area contributed by atoms with Crippen LogP contribution in [0.25, 0.3) is 0 Å². The molecule has 1 aliphatic heterocycles. The molecule has 2 rings (SSSR count). The summed E-state index contributed by atoms with van der Waals surface area (Å²) in [4.78, 5) is 6.12. The van der Waals surface area contributed by atoms with E-state index in [4.69, 9.17) is 10.5 Å². The Hall–Kier alpha value is -1.96. The van der Waals surface area contributed by atoms with Crippen molar-refractivity contribution in [3.8, 4) is 5.75 Å². The summed E-state index contributed by atoms with van der Waals surface area (Å²) in [5, 5.41) is 9.90. The van der Waals surface area contributed by atoms with Crippen molar-refractivity contribution in [3.63, 3.8) is 0 Å². The topological polar surface area (TPSA) is 71.1 Å². The van der Waals surface area contributed by atoms with Gasteiger partial charge in [0.15, 0.2) is 5.96 Å². The van der Waals surface area contributed by atoms with Crippen LogP contribution in [-0.4, -0.2) is 48.3 Å². The molecule has 0 amide bonds. The molecule has 5 nitrogen and oxygen atoms in total. The van der Waals surface area contributed by atoms with Gasteiger partial charge in [0.1, 0.15) is 18.5 Å². The SMILES string of the molecule is CC1CCN(C(N)=NCC(O)COc2cccc(C(F)(F)F)c2)CC1. The first kappa shape index (κ1) is 19.4. The number of hydrogen-bond donors (Lipinski definition) is 2. The monoisotopic (exact) mass is 359 g/mol. The number of nitrogens with two attached hydrogens (primary N) is 1. The van der Waals surface area contributed by atoms with E-state index in [9.17, 15) is 18.3 Å². The predicted molar refractivity (Wildman–Crippen MR) is 89.4 cm³/mol. The van der Waals surface area contributed by atoms with E-state index in [1.807, 2.05) is 4.90 Å². The van der Waals surface area contributed by atoms with Crippen LogP contribution in [0.3, 0.4) is 0 Å². The average molecular weight is 359 g/mol. The predicted octanol–water partition coefficient (Wildman–Crippen LogP) is 2.49. The molecule has 0 saturated carbocycles. The van der Waals surface area contributed by atoms with Gasteiger partial charge < -0.3 is 20.5 Å². The van der Waals surface area contributed by atoms with Gasteiger partial charge in [-0.25, -0.2) is 0 Å². The first-order chi connectivity index (χ1) is 11.8. The van der Waals surface area contributed by atoms with Crippen LogP contribution in [-0.2, 0) is 6.18 Å². The van der Waals surface area contributed by atoms with Crippen molar-refractivity contribution in [3.05, 3.63) is 29.8 Å². The fourth-order valence-electron chi connectivity index (χ4n) is 2.54. The Bertz CT molecular complexity index is 585. The quantitative estimate of drug-likeness (QED) is 0.626. The Balaban J connectivity index is 1.80. The summed E-state index contributed by atoms with van der Waals surface area (Å²) < 4.78 is 43.1. The van der Waals surface area contributed by atoms with Gasteiger partial charge in [0.2, 0.25) is 0 Å². The van der Waals surface area contributed by atoms with Crippen LogP contribution in [0.4, 0.5) is 13.2 Å². The number of nitrogens with zero attached hydrogens (tertiary/aromatic N) is 2. The summed E-state index contributed by atoms with van der Waals surface area (Å²) in [5.41, 5.74) is 5.13. The van der Waals surface area contributed by atoms with Crippen molar-refractivity contribution in [1.29, 1.82) is 0 Å². The van der Waals surface area contributed by atoms with Crippen molar-refractivity contribution in [2.24, 2.45) is 16.6 Å². The zero-order valence-corrected chi connectivity index (χ0v) is 14.2. The third kappa shape index (κ3) is 6.12. The highest BCUT2D eigenvalue weighted by Gasteiger charge is 2.30. The number of aliphatic imine (C=N–C) groups is 1. The number of ether oxygens (including phenoxy) is 1. The van der Waals surface area contributed by atoms with Gasteiger partial charge in [0, 0.05) is 13.1 Å². The number of hydrogen-bond acceptors (Lipinski definition) is 3. The van der Waals surface area contributed by atoms with Crippen molar-refractivity contribution < 1.29 is 23.0 Å². The van der Waals surface area contributed by atoms with Gasteiger partial charge in [-0.1, -0.05) is 13.0 Å². The standard InChI is InChI=1S/C17H24F3N3O2/c1-12-5-7-23(8-6-12)16(21)22-10-14(24)11-25-15-4-2-3-13(9-15)17(18,19)20/h2-4,9,12,14,24H,5-8,10-11H2,1H3,(H2,21,22). The smallest absolute Gasteiger partial charge is 0.416 e. The number of benzene rings is 1. The Morgan fingerprint density at radius 2 is 2.08 bits per heavy atom. The number of guanidine groups is 1. The highest BCUT2D eigenvalue weighted by molar-refractivity contribution is 5.78. The number of alkyl halides is 3.